The van der Waals surface area contributed by atoms with Gasteiger partial charge in [-0.2, -0.15) is 0 Å². The van der Waals surface area contributed by atoms with Gasteiger partial charge in [-0.15, -0.1) is 0 Å². The van der Waals surface area contributed by atoms with Gasteiger partial charge in [-0.25, -0.2) is 9.59 Å². The molecule has 0 aliphatic heterocycles. The van der Waals surface area contributed by atoms with Crippen LogP contribution in [0, 0.1) is 0 Å². The topological polar surface area (TPSA) is 64.6 Å². The summed E-state index contributed by atoms with van der Waals surface area (Å²) in [6.45, 7) is 6.43. The Balaban J connectivity index is 1.30. The Morgan fingerprint density at radius 1 is 0.735 bits per heavy atom. The lowest BCUT2D eigenvalue weighted by atomic mass is 9.80. The number of hydrogen-bond donors (Lipinski definition) is 1. The number of rotatable bonds is 11. The van der Waals surface area contributed by atoms with E-state index in [-0.39, 0.29) is 23.0 Å². The second kappa shape index (κ2) is 15.2. The van der Waals surface area contributed by atoms with Crippen LogP contribution in [-0.4, -0.2) is 35.2 Å². The number of ether oxygens (including phenoxy) is 2. The van der Waals surface area contributed by atoms with Gasteiger partial charge in [-0.1, -0.05) is 181 Å². The Labute approximate surface area is 301 Å². The van der Waals surface area contributed by atoms with Crippen molar-refractivity contribution in [3.8, 4) is 11.1 Å². The molecule has 1 aliphatic rings. The summed E-state index contributed by atoms with van der Waals surface area (Å²) in [5.74, 6) is -0.464. The first-order valence-electron chi connectivity index (χ1n) is 16.2. The zero-order chi connectivity index (χ0) is 34.4. The summed E-state index contributed by atoms with van der Waals surface area (Å²) >= 11 is 6.88. The van der Waals surface area contributed by atoms with Crippen LogP contribution >= 0.6 is 33.2 Å². The average Bonchev–Trinajstić information content (AvgIpc) is 3.43. The fourth-order valence-electron chi connectivity index (χ4n) is 6.19. The predicted octanol–water partition coefficient (Wildman–Crippen LogP) is 10.3. The van der Waals surface area contributed by atoms with E-state index in [0.717, 1.165) is 33.4 Å². The van der Waals surface area contributed by atoms with E-state index in [2.05, 4.69) is 50.4 Å². The molecular formula is C41H38ClNO4S2. The number of carbonyl (C=O) groups excluding carboxylic acids is 2. The van der Waals surface area contributed by atoms with Gasteiger partial charge in [0.15, 0.2) is 5.60 Å². The van der Waals surface area contributed by atoms with Gasteiger partial charge in [0, 0.05) is 38.1 Å². The Morgan fingerprint density at radius 3 is 1.80 bits per heavy atom. The molecule has 0 radical (unpaired) electrons. The number of nitrogens with one attached hydrogen (secondary N) is 1. The highest BCUT2D eigenvalue weighted by Crippen LogP contribution is 2.46. The molecule has 0 heterocycles. The summed E-state index contributed by atoms with van der Waals surface area (Å²) in [7, 11) is 3.13. The molecule has 0 saturated heterocycles. The second-order valence-corrected chi connectivity index (χ2v) is 16.4. The lowest BCUT2D eigenvalue weighted by Gasteiger charge is -2.37. The molecule has 6 rings (SSSR count). The maximum absolute atomic E-state index is 14.5. The van der Waals surface area contributed by atoms with Crippen molar-refractivity contribution in [3.05, 3.63) is 166 Å². The monoisotopic (exact) mass is 707 g/mol. The van der Waals surface area contributed by atoms with Gasteiger partial charge in [0.2, 0.25) is 0 Å². The number of amides is 1. The summed E-state index contributed by atoms with van der Waals surface area (Å²) in [6.07, 6.45) is -0.687. The van der Waals surface area contributed by atoms with Crippen molar-refractivity contribution in [1.29, 1.82) is 0 Å². The van der Waals surface area contributed by atoms with Crippen molar-refractivity contribution in [1.82, 2.24) is 5.32 Å². The first-order valence-corrected chi connectivity index (χ1v) is 18.9. The number of fused-ring (bicyclic) bond motifs is 3. The molecule has 250 valence electrons. The summed E-state index contributed by atoms with van der Waals surface area (Å²) in [4.78, 5) is 28.1. The van der Waals surface area contributed by atoms with Gasteiger partial charge in [-0.05, 0) is 28.3 Å². The Morgan fingerprint density at radius 2 is 1.24 bits per heavy atom. The van der Waals surface area contributed by atoms with E-state index in [1.54, 1.807) is 16.9 Å². The molecule has 1 aliphatic carbocycles. The van der Waals surface area contributed by atoms with Crippen molar-refractivity contribution < 1.29 is 19.1 Å². The van der Waals surface area contributed by atoms with Gasteiger partial charge >= 0.3 is 12.1 Å². The highest BCUT2D eigenvalue weighted by molar-refractivity contribution is 8.77. The molecule has 1 atom stereocenters. The molecule has 0 spiro atoms. The molecule has 1 amide bonds. The molecule has 0 aromatic heterocycles. The van der Waals surface area contributed by atoms with E-state index < -0.39 is 23.7 Å². The SMILES string of the molecule is CC(C)(C)SSC[C@H](NC(=O)OCC1c2ccccc2-c2ccccc21)C(=O)OC(c1ccccc1)(c1ccccc1)c1ccccc1Cl. The fraction of sp³-hybridized carbons (Fsp3) is 0.220. The molecule has 8 heteroatoms. The maximum atomic E-state index is 14.5. The average molecular weight is 708 g/mol. The van der Waals surface area contributed by atoms with E-state index in [1.165, 1.54) is 10.8 Å². The van der Waals surface area contributed by atoms with Crippen LogP contribution in [0.15, 0.2) is 133 Å². The predicted molar refractivity (Wildman–Crippen MR) is 202 cm³/mol. The van der Waals surface area contributed by atoms with Crippen LogP contribution < -0.4 is 5.32 Å². The molecule has 5 aromatic carbocycles. The van der Waals surface area contributed by atoms with Crippen molar-refractivity contribution in [3.63, 3.8) is 0 Å². The summed E-state index contributed by atoms with van der Waals surface area (Å²) in [5.41, 5.74) is 5.15. The van der Waals surface area contributed by atoms with Gasteiger partial charge in [0.05, 0.1) is 0 Å². The molecule has 49 heavy (non-hydrogen) atoms. The van der Waals surface area contributed by atoms with Crippen LogP contribution in [0.3, 0.4) is 0 Å². The number of hydrogen-bond acceptors (Lipinski definition) is 6. The van der Waals surface area contributed by atoms with Crippen LogP contribution in [0.1, 0.15) is 54.5 Å². The standard InChI is InChI=1S/C41H38ClNO4S2/c1-40(2,3)49-48-27-37(43-39(45)46-26-34-32-22-12-10-20-30(32)31-21-11-13-23-33(31)34)38(44)47-41(28-16-6-4-7-17-28,29-18-8-5-9-19-29)35-24-14-15-25-36(35)42/h4-25,34,37H,26-27H2,1-3H3,(H,43,45)/t37-/m0/s1. The molecule has 0 saturated carbocycles. The van der Waals surface area contributed by atoms with Gasteiger partial charge < -0.3 is 14.8 Å². The highest BCUT2D eigenvalue weighted by Gasteiger charge is 2.44. The Hall–Kier alpha value is -4.17. The number of alkyl carbamates (subject to hydrolysis) is 1. The number of esters is 1. The minimum absolute atomic E-state index is 0.0711. The van der Waals surface area contributed by atoms with E-state index >= 15 is 0 Å². The van der Waals surface area contributed by atoms with E-state index in [9.17, 15) is 9.59 Å². The van der Waals surface area contributed by atoms with Crippen molar-refractivity contribution in [2.24, 2.45) is 0 Å². The summed E-state index contributed by atoms with van der Waals surface area (Å²) in [6, 6.07) is 41.8. The summed E-state index contributed by atoms with van der Waals surface area (Å²) < 4.78 is 12.5. The lowest BCUT2D eigenvalue weighted by Crippen LogP contribution is -2.47. The van der Waals surface area contributed by atoms with Crippen molar-refractivity contribution >= 4 is 45.3 Å². The molecular weight excluding hydrogens is 670 g/mol. The van der Waals surface area contributed by atoms with Gasteiger partial charge in [-0.3, -0.25) is 0 Å². The van der Waals surface area contributed by atoms with Gasteiger partial charge in [0.1, 0.15) is 12.6 Å². The zero-order valence-corrected chi connectivity index (χ0v) is 30.0. The van der Waals surface area contributed by atoms with Crippen LogP contribution in [0.2, 0.25) is 5.02 Å². The minimum atomic E-state index is -1.40. The number of carbonyl (C=O) groups is 2. The van der Waals surface area contributed by atoms with E-state index in [1.807, 2.05) is 103 Å². The van der Waals surface area contributed by atoms with Gasteiger partial charge in [0.25, 0.3) is 0 Å². The van der Waals surface area contributed by atoms with Crippen LogP contribution in [0.25, 0.3) is 11.1 Å². The lowest BCUT2D eigenvalue weighted by molar-refractivity contribution is -0.155. The molecule has 0 bridgehead atoms. The molecule has 0 unspecified atom stereocenters. The first-order chi connectivity index (χ1) is 23.7. The highest BCUT2D eigenvalue weighted by atomic mass is 35.5. The fourth-order valence-corrected chi connectivity index (χ4v) is 8.91. The largest absolute Gasteiger partial charge is 0.449 e. The first kappa shape index (κ1) is 34.7. The normalized spacial score (nSPS) is 13.2. The van der Waals surface area contributed by atoms with Crippen LogP contribution in [0.5, 0.6) is 0 Å². The quantitative estimate of drug-likeness (QED) is 0.0838. The second-order valence-electron chi connectivity index (χ2n) is 12.8. The number of benzene rings is 5. The van der Waals surface area contributed by atoms with Crippen LogP contribution in [-0.2, 0) is 19.9 Å². The van der Waals surface area contributed by atoms with E-state index in [0.29, 0.717) is 10.6 Å². The maximum Gasteiger partial charge on any atom is 0.407 e. The molecule has 5 nitrogen and oxygen atoms in total. The third-order valence-corrected chi connectivity index (χ3v) is 12.0. The molecule has 5 aromatic rings. The smallest absolute Gasteiger partial charge is 0.407 e. The third-order valence-electron chi connectivity index (χ3n) is 8.33. The Kier molecular flexibility index (Phi) is 10.7. The minimum Gasteiger partial charge on any atom is -0.449 e. The molecule has 1 N–H and O–H groups in total. The van der Waals surface area contributed by atoms with Crippen LogP contribution in [0.4, 0.5) is 4.79 Å². The number of halogens is 1. The third kappa shape index (κ3) is 7.70. The Bertz CT molecular complexity index is 1830. The summed E-state index contributed by atoms with van der Waals surface area (Å²) in [5, 5.41) is 3.31. The van der Waals surface area contributed by atoms with E-state index in [4.69, 9.17) is 21.1 Å². The van der Waals surface area contributed by atoms with Crippen molar-refractivity contribution in [2.75, 3.05) is 12.4 Å². The molecule has 0 fully saturated rings. The van der Waals surface area contributed by atoms with Crippen molar-refractivity contribution in [2.45, 2.75) is 43.1 Å². The zero-order valence-electron chi connectivity index (χ0n) is 27.6.